The van der Waals surface area contributed by atoms with Crippen molar-refractivity contribution in [2.45, 2.75) is 31.7 Å². The number of hydrogen-bond acceptors (Lipinski definition) is 3. The van der Waals surface area contributed by atoms with Crippen LogP contribution in [0.3, 0.4) is 0 Å². The lowest BCUT2D eigenvalue weighted by atomic mass is 9.77. The van der Waals surface area contributed by atoms with Crippen molar-refractivity contribution in [2.75, 3.05) is 11.9 Å². The highest BCUT2D eigenvalue weighted by molar-refractivity contribution is 5.97. The number of carbonyl (C=O) groups excluding carboxylic acids is 2. The van der Waals surface area contributed by atoms with Gasteiger partial charge in [-0.15, -0.1) is 0 Å². The maximum Gasteiger partial charge on any atom is 0.251 e. The molecular weight excluding hydrogens is 244 g/mol. The maximum absolute atomic E-state index is 12.1. The molecule has 1 aliphatic rings. The molecule has 1 aliphatic carbocycles. The fourth-order valence-electron chi connectivity index (χ4n) is 2.18. The summed E-state index contributed by atoms with van der Waals surface area (Å²) in [6.45, 7) is 1.38. The van der Waals surface area contributed by atoms with E-state index in [0.29, 0.717) is 11.3 Å². The number of amides is 2. The SMILES string of the molecule is CC(=O)Nc1cccc(C(=O)NC2(CO)CCC2)c1. The van der Waals surface area contributed by atoms with Gasteiger partial charge in [0.2, 0.25) is 5.91 Å². The summed E-state index contributed by atoms with van der Waals surface area (Å²) >= 11 is 0. The first-order chi connectivity index (χ1) is 9.04. The first-order valence-electron chi connectivity index (χ1n) is 6.36. The van der Waals surface area contributed by atoms with Gasteiger partial charge in [-0.25, -0.2) is 0 Å². The molecular formula is C14H18N2O3. The van der Waals surface area contributed by atoms with E-state index in [4.69, 9.17) is 0 Å². The molecule has 1 fully saturated rings. The second-order valence-corrected chi connectivity index (χ2v) is 5.01. The molecule has 3 N–H and O–H groups in total. The lowest BCUT2D eigenvalue weighted by molar-refractivity contribution is -0.114. The molecule has 0 saturated heterocycles. The topological polar surface area (TPSA) is 78.4 Å². The van der Waals surface area contributed by atoms with Crippen molar-refractivity contribution >= 4 is 17.5 Å². The molecule has 0 radical (unpaired) electrons. The van der Waals surface area contributed by atoms with E-state index in [2.05, 4.69) is 10.6 Å². The first kappa shape index (κ1) is 13.5. The Labute approximate surface area is 112 Å². The smallest absolute Gasteiger partial charge is 0.251 e. The number of anilines is 1. The van der Waals surface area contributed by atoms with Gasteiger partial charge in [0.1, 0.15) is 0 Å². The van der Waals surface area contributed by atoms with E-state index in [1.807, 2.05) is 0 Å². The van der Waals surface area contributed by atoms with Gasteiger partial charge in [-0.1, -0.05) is 6.07 Å². The minimum absolute atomic E-state index is 0.0376. The quantitative estimate of drug-likeness (QED) is 0.765. The van der Waals surface area contributed by atoms with Gasteiger partial charge in [0.25, 0.3) is 5.91 Å². The third kappa shape index (κ3) is 3.12. The minimum Gasteiger partial charge on any atom is -0.394 e. The van der Waals surface area contributed by atoms with Crippen molar-refractivity contribution < 1.29 is 14.7 Å². The summed E-state index contributed by atoms with van der Waals surface area (Å²) in [6.07, 6.45) is 2.63. The van der Waals surface area contributed by atoms with Gasteiger partial charge in [0.15, 0.2) is 0 Å². The molecule has 2 amide bonds. The highest BCUT2D eigenvalue weighted by atomic mass is 16.3. The van der Waals surface area contributed by atoms with E-state index in [9.17, 15) is 14.7 Å². The summed E-state index contributed by atoms with van der Waals surface area (Å²) in [5, 5.41) is 14.8. The van der Waals surface area contributed by atoms with Crippen LogP contribution in [-0.2, 0) is 4.79 Å². The lowest BCUT2D eigenvalue weighted by Crippen LogP contribution is -2.56. The van der Waals surface area contributed by atoms with Crippen LogP contribution < -0.4 is 10.6 Å². The molecule has 19 heavy (non-hydrogen) atoms. The van der Waals surface area contributed by atoms with Crippen molar-refractivity contribution in [3.05, 3.63) is 29.8 Å². The molecule has 102 valence electrons. The maximum atomic E-state index is 12.1. The third-order valence-electron chi connectivity index (χ3n) is 3.44. The predicted octanol–water partition coefficient (Wildman–Crippen LogP) is 1.29. The summed E-state index contributed by atoms with van der Waals surface area (Å²) in [5.74, 6) is -0.399. The molecule has 5 nitrogen and oxygen atoms in total. The Bertz CT molecular complexity index is 490. The number of rotatable bonds is 4. The number of hydrogen-bond donors (Lipinski definition) is 3. The fraction of sp³-hybridized carbons (Fsp3) is 0.429. The lowest BCUT2D eigenvalue weighted by Gasteiger charge is -2.40. The second-order valence-electron chi connectivity index (χ2n) is 5.01. The number of carbonyl (C=O) groups is 2. The Hall–Kier alpha value is -1.88. The highest BCUT2D eigenvalue weighted by Gasteiger charge is 2.37. The number of aliphatic hydroxyl groups excluding tert-OH is 1. The van der Waals surface area contributed by atoms with Crippen LogP contribution in [-0.4, -0.2) is 29.1 Å². The van der Waals surface area contributed by atoms with Gasteiger partial charge >= 0.3 is 0 Å². The third-order valence-corrected chi connectivity index (χ3v) is 3.44. The zero-order valence-corrected chi connectivity index (χ0v) is 10.9. The molecule has 0 heterocycles. The summed E-state index contributed by atoms with van der Waals surface area (Å²) in [4.78, 5) is 23.1. The molecule has 0 bridgehead atoms. The average molecular weight is 262 g/mol. The van der Waals surface area contributed by atoms with E-state index in [1.165, 1.54) is 6.92 Å². The van der Waals surface area contributed by atoms with Crippen molar-refractivity contribution in [1.29, 1.82) is 0 Å². The molecule has 0 atom stereocenters. The van der Waals surface area contributed by atoms with Crippen LogP contribution in [0.15, 0.2) is 24.3 Å². The van der Waals surface area contributed by atoms with Crippen LogP contribution >= 0.6 is 0 Å². The fourth-order valence-corrected chi connectivity index (χ4v) is 2.18. The second kappa shape index (κ2) is 5.40. The summed E-state index contributed by atoms with van der Waals surface area (Å²) in [5.41, 5.74) is 0.610. The molecule has 2 rings (SSSR count). The number of aliphatic hydroxyl groups is 1. The van der Waals surface area contributed by atoms with Crippen molar-refractivity contribution in [2.24, 2.45) is 0 Å². The van der Waals surface area contributed by atoms with Crippen LogP contribution in [0.4, 0.5) is 5.69 Å². The van der Waals surface area contributed by atoms with E-state index in [1.54, 1.807) is 24.3 Å². The van der Waals surface area contributed by atoms with E-state index in [-0.39, 0.29) is 18.4 Å². The summed E-state index contributed by atoms with van der Waals surface area (Å²) in [6, 6.07) is 6.75. The van der Waals surface area contributed by atoms with Crippen LogP contribution in [0.1, 0.15) is 36.5 Å². The van der Waals surface area contributed by atoms with E-state index in [0.717, 1.165) is 19.3 Å². The summed E-state index contributed by atoms with van der Waals surface area (Å²) < 4.78 is 0. The summed E-state index contributed by atoms with van der Waals surface area (Å²) in [7, 11) is 0. The van der Waals surface area contributed by atoms with Crippen LogP contribution in [0.5, 0.6) is 0 Å². The standard InChI is InChI=1S/C14H18N2O3/c1-10(18)15-12-5-2-4-11(8-12)13(19)16-14(9-17)6-3-7-14/h2,4-5,8,17H,3,6-7,9H2,1H3,(H,15,18)(H,16,19). The molecule has 0 aromatic heterocycles. The molecule has 0 spiro atoms. The molecule has 1 aromatic rings. The Morgan fingerprint density at radius 1 is 1.37 bits per heavy atom. The van der Waals surface area contributed by atoms with Gasteiger partial charge in [-0.05, 0) is 37.5 Å². The Morgan fingerprint density at radius 2 is 2.11 bits per heavy atom. The largest absolute Gasteiger partial charge is 0.394 e. The van der Waals surface area contributed by atoms with Crippen LogP contribution in [0, 0.1) is 0 Å². The normalized spacial score (nSPS) is 16.3. The molecule has 0 unspecified atom stereocenters. The van der Waals surface area contributed by atoms with Gasteiger partial charge in [-0.3, -0.25) is 9.59 Å². The van der Waals surface area contributed by atoms with Gasteiger partial charge < -0.3 is 15.7 Å². The van der Waals surface area contributed by atoms with Gasteiger partial charge in [-0.2, -0.15) is 0 Å². The van der Waals surface area contributed by atoms with Crippen LogP contribution in [0.25, 0.3) is 0 Å². The zero-order chi connectivity index (χ0) is 13.9. The van der Waals surface area contributed by atoms with Gasteiger partial charge in [0.05, 0.1) is 12.1 Å². The molecule has 1 saturated carbocycles. The molecule has 1 aromatic carbocycles. The Kier molecular flexibility index (Phi) is 3.85. The minimum atomic E-state index is -0.457. The number of nitrogens with one attached hydrogen (secondary N) is 2. The average Bonchev–Trinajstić information content (AvgIpc) is 2.33. The van der Waals surface area contributed by atoms with E-state index < -0.39 is 5.54 Å². The zero-order valence-electron chi connectivity index (χ0n) is 10.9. The highest BCUT2D eigenvalue weighted by Crippen LogP contribution is 2.31. The van der Waals surface area contributed by atoms with Crippen molar-refractivity contribution in [3.8, 4) is 0 Å². The van der Waals surface area contributed by atoms with Crippen molar-refractivity contribution in [3.63, 3.8) is 0 Å². The van der Waals surface area contributed by atoms with Gasteiger partial charge in [0, 0.05) is 18.2 Å². The van der Waals surface area contributed by atoms with Crippen LogP contribution in [0.2, 0.25) is 0 Å². The molecule has 0 aliphatic heterocycles. The van der Waals surface area contributed by atoms with E-state index >= 15 is 0 Å². The Morgan fingerprint density at radius 3 is 2.63 bits per heavy atom. The monoisotopic (exact) mass is 262 g/mol. The van der Waals surface area contributed by atoms with Crippen molar-refractivity contribution in [1.82, 2.24) is 5.32 Å². The Balaban J connectivity index is 2.08. The molecule has 5 heteroatoms. The first-order valence-corrected chi connectivity index (χ1v) is 6.36. The number of benzene rings is 1. The predicted molar refractivity (Wildman–Crippen MR) is 71.9 cm³/mol.